The minimum Gasteiger partial charge on any atom is -0.368 e. The molecule has 0 spiro atoms. The van der Waals surface area contributed by atoms with Crippen LogP contribution >= 0.6 is 0 Å². The number of primary amides is 1. The smallest absolute Gasteiger partial charge is 0.258 e. The summed E-state index contributed by atoms with van der Waals surface area (Å²) < 4.78 is 2.07. The number of hydrogen-bond acceptors (Lipinski definition) is 4. The van der Waals surface area contributed by atoms with E-state index in [1.165, 1.54) is 22.9 Å². The van der Waals surface area contributed by atoms with Crippen LogP contribution in [0.4, 0.5) is 5.82 Å². The number of anilines is 1. The molecule has 0 aromatic carbocycles. The summed E-state index contributed by atoms with van der Waals surface area (Å²) >= 11 is 0. The minimum absolute atomic E-state index is 0.252. The molecule has 1 atom stereocenters. The van der Waals surface area contributed by atoms with Gasteiger partial charge in [-0.05, 0) is 56.7 Å². The van der Waals surface area contributed by atoms with Crippen LogP contribution in [0.1, 0.15) is 63.7 Å². The van der Waals surface area contributed by atoms with E-state index in [4.69, 9.17) is 5.73 Å². The lowest BCUT2D eigenvalue weighted by Crippen LogP contribution is -2.43. The minimum atomic E-state index is -0.582. The zero-order chi connectivity index (χ0) is 20.7. The largest absolute Gasteiger partial charge is 0.368 e. The third-order valence-corrected chi connectivity index (χ3v) is 5.90. The Labute approximate surface area is 169 Å². The highest BCUT2D eigenvalue weighted by Gasteiger charge is 2.33. The first kappa shape index (κ1) is 19.2. The van der Waals surface area contributed by atoms with E-state index in [1.807, 2.05) is 20.0 Å². The van der Waals surface area contributed by atoms with Crippen LogP contribution in [0.5, 0.6) is 0 Å². The van der Waals surface area contributed by atoms with Gasteiger partial charge < -0.3 is 20.5 Å². The molecule has 4 rings (SSSR count). The summed E-state index contributed by atoms with van der Waals surface area (Å²) in [6.07, 6.45) is 5.11. The summed E-state index contributed by atoms with van der Waals surface area (Å²) in [6.45, 7) is 2.41. The van der Waals surface area contributed by atoms with Crippen molar-refractivity contribution < 1.29 is 14.4 Å². The molecule has 2 fully saturated rings. The van der Waals surface area contributed by atoms with E-state index in [2.05, 4.69) is 14.9 Å². The van der Waals surface area contributed by atoms with Gasteiger partial charge in [-0.3, -0.25) is 14.4 Å². The molecule has 29 heavy (non-hydrogen) atoms. The highest BCUT2D eigenvalue weighted by molar-refractivity contribution is 6.05. The van der Waals surface area contributed by atoms with E-state index in [1.54, 1.807) is 6.07 Å². The first-order valence-corrected chi connectivity index (χ1v) is 9.90. The van der Waals surface area contributed by atoms with E-state index < -0.39 is 11.9 Å². The van der Waals surface area contributed by atoms with Crippen molar-refractivity contribution >= 4 is 23.5 Å². The lowest BCUT2D eigenvalue weighted by Gasteiger charge is -2.22. The maximum atomic E-state index is 12.8. The number of pyridine rings is 1. The monoisotopic (exact) mass is 395 g/mol. The van der Waals surface area contributed by atoms with Gasteiger partial charge in [0.1, 0.15) is 11.9 Å². The number of nitrogens with zero attached hydrogens (tertiary/aromatic N) is 3. The Hall–Kier alpha value is -3.16. The van der Waals surface area contributed by atoms with Crippen LogP contribution in [0.15, 0.2) is 24.4 Å². The molecule has 2 aromatic heterocycles. The van der Waals surface area contributed by atoms with Crippen LogP contribution in [0.2, 0.25) is 0 Å². The molecule has 1 saturated carbocycles. The molecular formula is C21H25N5O3. The molecular weight excluding hydrogens is 370 g/mol. The molecule has 3 amide bonds. The normalized spacial score (nSPS) is 18.7. The van der Waals surface area contributed by atoms with Gasteiger partial charge >= 0.3 is 0 Å². The van der Waals surface area contributed by atoms with E-state index in [9.17, 15) is 14.4 Å². The van der Waals surface area contributed by atoms with Gasteiger partial charge in [-0.15, -0.1) is 0 Å². The van der Waals surface area contributed by atoms with Gasteiger partial charge in [-0.1, -0.05) is 0 Å². The fraction of sp³-hybridized carbons (Fsp3) is 0.429. The quantitative estimate of drug-likeness (QED) is 0.806. The molecule has 0 unspecified atom stereocenters. The van der Waals surface area contributed by atoms with Gasteiger partial charge in [0.2, 0.25) is 5.91 Å². The van der Waals surface area contributed by atoms with Crippen molar-refractivity contribution in [1.29, 1.82) is 0 Å². The highest BCUT2D eigenvalue weighted by atomic mass is 16.2. The van der Waals surface area contributed by atoms with Crippen LogP contribution in [0, 0.1) is 6.92 Å². The van der Waals surface area contributed by atoms with E-state index in [-0.39, 0.29) is 11.8 Å². The van der Waals surface area contributed by atoms with Crippen molar-refractivity contribution in [3.05, 3.63) is 46.9 Å². The Kier molecular flexibility index (Phi) is 4.86. The summed E-state index contributed by atoms with van der Waals surface area (Å²) in [4.78, 5) is 42.9. The fourth-order valence-corrected chi connectivity index (χ4v) is 4.01. The van der Waals surface area contributed by atoms with Crippen LogP contribution < -0.4 is 11.1 Å². The van der Waals surface area contributed by atoms with Gasteiger partial charge in [-0.2, -0.15) is 0 Å². The fourth-order valence-electron chi connectivity index (χ4n) is 4.01. The Morgan fingerprint density at radius 1 is 1.21 bits per heavy atom. The zero-order valence-electron chi connectivity index (χ0n) is 16.6. The summed E-state index contributed by atoms with van der Waals surface area (Å²) in [5, 5.41) is 2.79. The molecule has 8 heteroatoms. The molecule has 3 heterocycles. The Bertz CT molecular complexity index is 992. The zero-order valence-corrected chi connectivity index (χ0v) is 16.6. The molecule has 0 radical (unpaired) electrons. The van der Waals surface area contributed by atoms with Crippen molar-refractivity contribution in [2.45, 2.75) is 44.6 Å². The van der Waals surface area contributed by atoms with E-state index in [0.717, 1.165) is 25.0 Å². The molecule has 2 aliphatic rings. The van der Waals surface area contributed by atoms with Crippen LogP contribution in [0.25, 0.3) is 0 Å². The molecule has 0 bridgehead atoms. The van der Waals surface area contributed by atoms with Gasteiger partial charge in [0.25, 0.3) is 11.8 Å². The topological polar surface area (TPSA) is 110 Å². The summed E-state index contributed by atoms with van der Waals surface area (Å²) in [6, 6.07) is 4.48. The average Bonchev–Trinajstić information content (AvgIpc) is 3.33. The number of amides is 3. The highest BCUT2D eigenvalue weighted by Crippen LogP contribution is 2.41. The lowest BCUT2D eigenvalue weighted by molar-refractivity contribution is -0.121. The maximum Gasteiger partial charge on any atom is 0.258 e. The second kappa shape index (κ2) is 7.35. The number of carbonyl (C=O) groups is 3. The number of rotatable bonds is 5. The predicted molar refractivity (Wildman–Crippen MR) is 108 cm³/mol. The SMILES string of the molecule is Cc1c(C(=O)Nc2cc(C(=O)N3CCC[C@H]3C(N)=O)ccn2)cc(C2CC2)n1C. The average molecular weight is 395 g/mol. The molecule has 3 N–H and O–H groups in total. The summed E-state index contributed by atoms with van der Waals surface area (Å²) in [5.74, 6) is -0.191. The van der Waals surface area contributed by atoms with Crippen LogP contribution in [-0.4, -0.2) is 44.8 Å². The molecule has 152 valence electrons. The first-order chi connectivity index (χ1) is 13.9. The molecule has 1 aliphatic carbocycles. The van der Waals surface area contributed by atoms with Crippen LogP contribution in [-0.2, 0) is 11.8 Å². The summed E-state index contributed by atoms with van der Waals surface area (Å²) in [7, 11) is 1.97. The van der Waals surface area contributed by atoms with Gasteiger partial charge in [0.05, 0.1) is 5.56 Å². The first-order valence-electron chi connectivity index (χ1n) is 9.90. The van der Waals surface area contributed by atoms with Crippen molar-refractivity contribution in [3.63, 3.8) is 0 Å². The van der Waals surface area contributed by atoms with E-state index in [0.29, 0.717) is 35.8 Å². The predicted octanol–water partition coefficient (Wildman–Crippen LogP) is 1.95. The van der Waals surface area contributed by atoms with Crippen molar-refractivity contribution in [2.75, 3.05) is 11.9 Å². The number of nitrogens with two attached hydrogens (primary N) is 1. The third-order valence-electron chi connectivity index (χ3n) is 5.90. The molecule has 1 aliphatic heterocycles. The number of likely N-dealkylation sites (tertiary alicyclic amines) is 1. The van der Waals surface area contributed by atoms with Crippen LogP contribution in [0.3, 0.4) is 0 Å². The van der Waals surface area contributed by atoms with Gasteiger partial charge in [0.15, 0.2) is 0 Å². The molecule has 1 saturated heterocycles. The van der Waals surface area contributed by atoms with Gasteiger partial charge in [0, 0.05) is 36.7 Å². The Balaban J connectivity index is 1.52. The third kappa shape index (κ3) is 3.62. The number of aromatic nitrogens is 2. The van der Waals surface area contributed by atoms with Crippen molar-refractivity contribution in [3.8, 4) is 0 Å². The summed E-state index contributed by atoms with van der Waals surface area (Å²) in [5.41, 5.74) is 8.47. The number of nitrogens with one attached hydrogen (secondary N) is 1. The van der Waals surface area contributed by atoms with Gasteiger partial charge in [-0.25, -0.2) is 4.98 Å². The maximum absolute atomic E-state index is 12.8. The standard InChI is InChI=1S/C21H25N5O3/c1-12-15(11-17(25(12)2)13-5-6-13)20(28)24-18-10-14(7-8-23-18)21(29)26-9-3-4-16(26)19(22)27/h7-8,10-11,13,16H,3-6,9H2,1-2H3,(H2,22,27)(H,23,24,28)/t16-/m0/s1. The second-order valence-electron chi connectivity index (χ2n) is 7.84. The Morgan fingerprint density at radius 2 is 1.97 bits per heavy atom. The second-order valence-corrected chi connectivity index (χ2v) is 7.84. The van der Waals surface area contributed by atoms with Crippen molar-refractivity contribution in [2.24, 2.45) is 12.8 Å². The van der Waals surface area contributed by atoms with E-state index >= 15 is 0 Å². The lowest BCUT2D eigenvalue weighted by atomic mass is 10.1. The Morgan fingerprint density at radius 3 is 2.66 bits per heavy atom. The molecule has 8 nitrogen and oxygen atoms in total. The van der Waals surface area contributed by atoms with Crippen molar-refractivity contribution in [1.82, 2.24) is 14.5 Å². The number of hydrogen-bond donors (Lipinski definition) is 2. The molecule has 2 aromatic rings. The number of carbonyl (C=O) groups excluding carboxylic acids is 3.